The number of hydrogen-bond acceptors (Lipinski definition) is 3. The average Bonchev–Trinajstić information content (AvgIpc) is 2.59. The van der Waals surface area contributed by atoms with Crippen molar-refractivity contribution in [3.05, 3.63) is 66.2 Å². The molecule has 3 aromatic rings. The lowest BCUT2D eigenvalue weighted by atomic mass is 10.1. The molecule has 0 aliphatic carbocycles. The molecule has 0 aliphatic heterocycles. The summed E-state index contributed by atoms with van der Waals surface area (Å²) in [4.78, 5) is 4.54. The Kier molecular flexibility index (Phi) is 4.05. The third-order valence-electron chi connectivity index (χ3n) is 3.50. The SMILES string of the molecule is COc1ccc(C=Nc2ccc3ccccc3c2)cc1OC. The van der Waals surface area contributed by atoms with Gasteiger partial charge in [0.1, 0.15) is 0 Å². The first-order chi connectivity index (χ1) is 10.8. The Morgan fingerprint density at radius 2 is 1.55 bits per heavy atom. The first-order valence-corrected chi connectivity index (χ1v) is 7.05. The molecule has 0 amide bonds. The quantitative estimate of drug-likeness (QED) is 0.657. The summed E-state index contributed by atoms with van der Waals surface area (Å²) < 4.78 is 10.5. The summed E-state index contributed by atoms with van der Waals surface area (Å²) >= 11 is 0. The van der Waals surface area contributed by atoms with E-state index in [0.29, 0.717) is 11.5 Å². The van der Waals surface area contributed by atoms with E-state index in [1.54, 1.807) is 14.2 Å². The molecule has 0 saturated heterocycles. The molecular formula is C19H17NO2. The molecule has 110 valence electrons. The summed E-state index contributed by atoms with van der Waals surface area (Å²) in [6.07, 6.45) is 1.83. The number of methoxy groups -OCH3 is 2. The molecule has 0 bridgehead atoms. The Morgan fingerprint density at radius 3 is 2.32 bits per heavy atom. The number of hydrogen-bond donors (Lipinski definition) is 0. The van der Waals surface area contributed by atoms with Gasteiger partial charge in [-0.1, -0.05) is 30.3 Å². The van der Waals surface area contributed by atoms with E-state index in [1.165, 1.54) is 10.8 Å². The van der Waals surface area contributed by atoms with E-state index >= 15 is 0 Å². The zero-order valence-corrected chi connectivity index (χ0v) is 12.6. The van der Waals surface area contributed by atoms with Crippen LogP contribution in [0.2, 0.25) is 0 Å². The van der Waals surface area contributed by atoms with E-state index in [2.05, 4.69) is 29.3 Å². The van der Waals surface area contributed by atoms with E-state index in [1.807, 2.05) is 42.6 Å². The van der Waals surface area contributed by atoms with Crippen LogP contribution in [0.25, 0.3) is 10.8 Å². The summed E-state index contributed by atoms with van der Waals surface area (Å²) in [7, 11) is 3.25. The second-order valence-corrected chi connectivity index (χ2v) is 4.90. The van der Waals surface area contributed by atoms with E-state index in [0.717, 1.165) is 11.3 Å². The smallest absolute Gasteiger partial charge is 0.161 e. The number of benzene rings is 3. The second kappa shape index (κ2) is 6.31. The Morgan fingerprint density at radius 1 is 0.773 bits per heavy atom. The predicted octanol–water partition coefficient (Wildman–Crippen LogP) is 4.61. The Labute approximate surface area is 129 Å². The van der Waals surface area contributed by atoms with Gasteiger partial charge in [-0.15, -0.1) is 0 Å². The third kappa shape index (κ3) is 2.93. The number of ether oxygens (including phenoxy) is 2. The minimum atomic E-state index is 0.699. The molecule has 0 saturated carbocycles. The van der Waals surface area contributed by atoms with Crippen LogP contribution in [-0.2, 0) is 0 Å². The molecule has 0 radical (unpaired) electrons. The monoisotopic (exact) mass is 291 g/mol. The van der Waals surface area contributed by atoms with Gasteiger partial charge in [-0.05, 0) is 46.7 Å². The maximum Gasteiger partial charge on any atom is 0.161 e. The summed E-state index contributed by atoms with van der Waals surface area (Å²) in [6, 6.07) is 20.2. The number of rotatable bonds is 4. The van der Waals surface area contributed by atoms with E-state index in [4.69, 9.17) is 9.47 Å². The Balaban J connectivity index is 1.89. The van der Waals surface area contributed by atoms with Crippen LogP contribution >= 0.6 is 0 Å². The van der Waals surface area contributed by atoms with Crippen molar-refractivity contribution in [3.63, 3.8) is 0 Å². The lowest BCUT2D eigenvalue weighted by Crippen LogP contribution is -1.91. The number of nitrogens with zero attached hydrogens (tertiary/aromatic N) is 1. The van der Waals surface area contributed by atoms with Gasteiger partial charge in [0.2, 0.25) is 0 Å². The van der Waals surface area contributed by atoms with Gasteiger partial charge in [0.25, 0.3) is 0 Å². The Hall–Kier alpha value is -2.81. The Bertz CT molecular complexity index is 825. The highest BCUT2D eigenvalue weighted by atomic mass is 16.5. The van der Waals surface area contributed by atoms with Gasteiger partial charge < -0.3 is 9.47 Å². The number of aliphatic imine (C=N–C) groups is 1. The van der Waals surface area contributed by atoms with Crippen molar-refractivity contribution in [2.24, 2.45) is 4.99 Å². The first-order valence-electron chi connectivity index (χ1n) is 7.05. The summed E-state index contributed by atoms with van der Waals surface area (Å²) in [5.74, 6) is 1.41. The highest BCUT2D eigenvalue weighted by molar-refractivity contribution is 5.88. The fraction of sp³-hybridized carbons (Fsp3) is 0.105. The molecule has 0 unspecified atom stereocenters. The van der Waals surface area contributed by atoms with Crippen LogP contribution in [0.5, 0.6) is 11.5 Å². The van der Waals surface area contributed by atoms with Gasteiger partial charge in [0.15, 0.2) is 11.5 Å². The van der Waals surface area contributed by atoms with Crippen molar-refractivity contribution in [3.8, 4) is 11.5 Å². The molecule has 0 fully saturated rings. The third-order valence-corrected chi connectivity index (χ3v) is 3.50. The summed E-state index contributed by atoms with van der Waals surface area (Å²) in [6.45, 7) is 0. The maximum absolute atomic E-state index is 5.30. The van der Waals surface area contributed by atoms with Crippen LogP contribution in [0.1, 0.15) is 5.56 Å². The standard InChI is InChI=1S/C19H17NO2/c1-21-18-10-7-14(11-19(18)22-2)13-20-17-9-8-15-5-3-4-6-16(15)12-17/h3-13H,1-2H3. The molecular weight excluding hydrogens is 274 g/mol. The average molecular weight is 291 g/mol. The van der Waals surface area contributed by atoms with E-state index in [9.17, 15) is 0 Å². The molecule has 3 rings (SSSR count). The zero-order valence-electron chi connectivity index (χ0n) is 12.6. The molecule has 3 heteroatoms. The molecule has 0 aliphatic rings. The van der Waals surface area contributed by atoms with E-state index in [-0.39, 0.29) is 0 Å². The zero-order chi connectivity index (χ0) is 15.4. The van der Waals surface area contributed by atoms with Crippen molar-refractivity contribution in [1.29, 1.82) is 0 Å². The lowest BCUT2D eigenvalue weighted by molar-refractivity contribution is 0.355. The van der Waals surface area contributed by atoms with Gasteiger partial charge in [-0.25, -0.2) is 0 Å². The van der Waals surface area contributed by atoms with Crippen molar-refractivity contribution in [1.82, 2.24) is 0 Å². The molecule has 0 N–H and O–H groups in total. The van der Waals surface area contributed by atoms with Crippen LogP contribution in [0.3, 0.4) is 0 Å². The first kappa shape index (κ1) is 14.1. The molecule has 3 nitrogen and oxygen atoms in total. The van der Waals surface area contributed by atoms with Crippen LogP contribution in [-0.4, -0.2) is 20.4 Å². The highest BCUT2D eigenvalue weighted by Crippen LogP contribution is 2.27. The molecule has 3 aromatic carbocycles. The van der Waals surface area contributed by atoms with Gasteiger partial charge in [0, 0.05) is 6.21 Å². The van der Waals surface area contributed by atoms with Gasteiger partial charge in [-0.2, -0.15) is 0 Å². The van der Waals surface area contributed by atoms with Crippen molar-refractivity contribution < 1.29 is 9.47 Å². The molecule has 0 spiro atoms. The fourth-order valence-electron chi connectivity index (χ4n) is 2.34. The summed E-state index contributed by atoms with van der Waals surface area (Å²) in [5, 5.41) is 2.40. The molecule has 0 aromatic heterocycles. The molecule has 0 atom stereocenters. The largest absolute Gasteiger partial charge is 0.493 e. The van der Waals surface area contributed by atoms with Crippen molar-refractivity contribution in [2.45, 2.75) is 0 Å². The fourth-order valence-corrected chi connectivity index (χ4v) is 2.34. The normalized spacial score (nSPS) is 11.0. The summed E-state index contributed by atoms with van der Waals surface area (Å²) in [5.41, 5.74) is 1.89. The lowest BCUT2D eigenvalue weighted by Gasteiger charge is -2.07. The molecule has 22 heavy (non-hydrogen) atoms. The van der Waals surface area contributed by atoms with Crippen molar-refractivity contribution >= 4 is 22.7 Å². The van der Waals surface area contributed by atoms with Crippen LogP contribution in [0, 0.1) is 0 Å². The van der Waals surface area contributed by atoms with Crippen molar-refractivity contribution in [2.75, 3.05) is 14.2 Å². The topological polar surface area (TPSA) is 30.8 Å². The highest BCUT2D eigenvalue weighted by Gasteiger charge is 2.03. The predicted molar refractivity (Wildman–Crippen MR) is 90.7 cm³/mol. The molecule has 0 heterocycles. The minimum Gasteiger partial charge on any atom is -0.493 e. The number of fused-ring (bicyclic) bond motifs is 1. The van der Waals surface area contributed by atoms with Crippen LogP contribution in [0.15, 0.2) is 65.7 Å². The van der Waals surface area contributed by atoms with Gasteiger partial charge >= 0.3 is 0 Å². The van der Waals surface area contributed by atoms with Crippen LogP contribution in [0.4, 0.5) is 5.69 Å². The van der Waals surface area contributed by atoms with Gasteiger partial charge in [0.05, 0.1) is 19.9 Å². The minimum absolute atomic E-state index is 0.699. The maximum atomic E-state index is 5.30. The van der Waals surface area contributed by atoms with E-state index < -0.39 is 0 Å². The second-order valence-electron chi connectivity index (χ2n) is 4.90. The van der Waals surface area contributed by atoms with Crippen LogP contribution < -0.4 is 9.47 Å². The van der Waals surface area contributed by atoms with Gasteiger partial charge in [-0.3, -0.25) is 4.99 Å².